The maximum atomic E-state index is 12.5. The van der Waals surface area contributed by atoms with Gasteiger partial charge in [0.25, 0.3) is 0 Å². The number of rotatable bonds is 16. The Hall–Kier alpha value is -1.79. The van der Waals surface area contributed by atoms with Gasteiger partial charge in [0.1, 0.15) is 18.2 Å². The Labute approximate surface area is 201 Å². The molecule has 0 aromatic carbocycles. The second-order valence-electron chi connectivity index (χ2n) is 10.2. The van der Waals surface area contributed by atoms with Crippen molar-refractivity contribution < 1.29 is 23.9 Å². The van der Waals surface area contributed by atoms with Crippen LogP contribution in [-0.4, -0.2) is 54.2 Å². The molecular weight excluding hydrogens is 420 g/mol. The van der Waals surface area contributed by atoms with Gasteiger partial charge in [-0.1, -0.05) is 77.6 Å². The summed E-state index contributed by atoms with van der Waals surface area (Å²) >= 11 is 0. The largest absolute Gasteiger partial charge is 0.464 e. The predicted octanol–water partition coefficient (Wildman–Crippen LogP) is 5.75. The van der Waals surface area contributed by atoms with Crippen molar-refractivity contribution in [3.05, 3.63) is 0 Å². The highest BCUT2D eigenvalue weighted by Gasteiger charge is 2.36. The molecule has 1 heterocycles. The van der Waals surface area contributed by atoms with Crippen molar-refractivity contribution >= 4 is 18.0 Å². The average molecular weight is 469 g/mol. The van der Waals surface area contributed by atoms with Crippen LogP contribution in [0.25, 0.3) is 0 Å². The Balaban J connectivity index is 2.05. The van der Waals surface area contributed by atoms with Crippen LogP contribution in [0.4, 0.5) is 4.79 Å². The van der Waals surface area contributed by atoms with Crippen molar-refractivity contribution in [1.82, 2.24) is 10.2 Å². The summed E-state index contributed by atoms with van der Waals surface area (Å²) in [7, 11) is 0. The first kappa shape index (κ1) is 29.2. The van der Waals surface area contributed by atoms with E-state index in [4.69, 9.17) is 9.47 Å². The van der Waals surface area contributed by atoms with Crippen LogP contribution in [0, 0.1) is 0 Å². The second-order valence-corrected chi connectivity index (χ2v) is 10.2. The van der Waals surface area contributed by atoms with Gasteiger partial charge in [-0.25, -0.2) is 4.79 Å². The van der Waals surface area contributed by atoms with Gasteiger partial charge < -0.3 is 14.8 Å². The van der Waals surface area contributed by atoms with Gasteiger partial charge in [0.15, 0.2) is 0 Å². The zero-order chi connectivity index (χ0) is 24.5. The molecule has 0 aromatic rings. The molecule has 0 saturated carbocycles. The van der Waals surface area contributed by atoms with Gasteiger partial charge in [-0.3, -0.25) is 14.5 Å². The number of hydrogen-bond acceptors (Lipinski definition) is 5. The van der Waals surface area contributed by atoms with Crippen molar-refractivity contribution in [3.8, 4) is 0 Å². The fraction of sp³-hybridized carbons (Fsp3) is 0.885. The van der Waals surface area contributed by atoms with E-state index in [1.807, 2.05) is 0 Å². The van der Waals surface area contributed by atoms with Gasteiger partial charge >= 0.3 is 12.1 Å². The summed E-state index contributed by atoms with van der Waals surface area (Å²) in [4.78, 5) is 38.1. The van der Waals surface area contributed by atoms with E-state index < -0.39 is 23.7 Å². The summed E-state index contributed by atoms with van der Waals surface area (Å²) in [5, 5.41) is 2.61. The Morgan fingerprint density at radius 2 is 1.42 bits per heavy atom. The summed E-state index contributed by atoms with van der Waals surface area (Å²) < 4.78 is 10.6. The minimum atomic E-state index is -0.613. The second kappa shape index (κ2) is 16.8. The van der Waals surface area contributed by atoms with Crippen molar-refractivity contribution in [1.29, 1.82) is 0 Å². The third-order valence-electron chi connectivity index (χ3n) is 5.85. The molecule has 0 bridgehead atoms. The molecule has 1 atom stereocenters. The summed E-state index contributed by atoms with van der Waals surface area (Å²) in [5.41, 5.74) is -0.613. The summed E-state index contributed by atoms with van der Waals surface area (Å²) in [6.07, 6.45) is 15.9. The Morgan fingerprint density at radius 1 is 0.879 bits per heavy atom. The molecule has 33 heavy (non-hydrogen) atoms. The van der Waals surface area contributed by atoms with Gasteiger partial charge in [0, 0.05) is 6.54 Å². The lowest BCUT2D eigenvalue weighted by molar-refractivity contribution is -0.144. The van der Waals surface area contributed by atoms with Crippen LogP contribution in [0.5, 0.6) is 0 Å². The van der Waals surface area contributed by atoms with Crippen LogP contribution < -0.4 is 5.32 Å². The zero-order valence-corrected chi connectivity index (χ0v) is 21.6. The Morgan fingerprint density at radius 3 is 1.97 bits per heavy atom. The monoisotopic (exact) mass is 468 g/mol. The maximum absolute atomic E-state index is 12.5. The van der Waals surface area contributed by atoms with E-state index in [1.165, 1.54) is 69.1 Å². The predicted molar refractivity (Wildman–Crippen MR) is 131 cm³/mol. The van der Waals surface area contributed by atoms with E-state index in [0.717, 1.165) is 19.3 Å². The molecule has 1 rings (SSSR count). The summed E-state index contributed by atoms with van der Waals surface area (Å²) in [6, 6.07) is -0.594. The molecule has 1 N–H and O–H groups in total. The van der Waals surface area contributed by atoms with Crippen molar-refractivity contribution in [2.45, 2.75) is 129 Å². The van der Waals surface area contributed by atoms with E-state index in [1.54, 1.807) is 20.8 Å². The number of nitrogens with one attached hydrogen (secondary N) is 1. The molecule has 0 unspecified atom stereocenters. The molecule has 7 nitrogen and oxygen atoms in total. The Bertz CT molecular complexity index is 574. The highest BCUT2D eigenvalue weighted by molar-refractivity contribution is 5.88. The summed E-state index contributed by atoms with van der Waals surface area (Å²) in [6.45, 7) is 8.33. The quantitative estimate of drug-likeness (QED) is 0.230. The lowest BCUT2D eigenvalue weighted by Crippen LogP contribution is -2.48. The van der Waals surface area contributed by atoms with Crippen LogP contribution >= 0.6 is 0 Å². The molecule has 1 aliphatic rings. The average Bonchev–Trinajstić information content (AvgIpc) is 3.24. The Kier molecular flexibility index (Phi) is 14.9. The topological polar surface area (TPSA) is 84.9 Å². The molecule has 1 fully saturated rings. The molecule has 1 saturated heterocycles. The van der Waals surface area contributed by atoms with Crippen LogP contribution in [0.3, 0.4) is 0 Å². The molecule has 7 heteroatoms. The van der Waals surface area contributed by atoms with Crippen LogP contribution in [-0.2, 0) is 19.1 Å². The van der Waals surface area contributed by atoms with E-state index in [2.05, 4.69) is 12.2 Å². The first-order valence-corrected chi connectivity index (χ1v) is 13.2. The number of hydrogen-bond donors (Lipinski definition) is 1. The van der Waals surface area contributed by atoms with Crippen LogP contribution in [0.1, 0.15) is 118 Å². The fourth-order valence-electron chi connectivity index (χ4n) is 4.04. The van der Waals surface area contributed by atoms with E-state index in [0.29, 0.717) is 19.6 Å². The molecule has 0 aromatic heterocycles. The first-order valence-electron chi connectivity index (χ1n) is 13.2. The highest BCUT2D eigenvalue weighted by atomic mass is 16.6. The van der Waals surface area contributed by atoms with Gasteiger partial charge in [-0.05, 0) is 40.0 Å². The van der Waals surface area contributed by atoms with E-state index in [-0.39, 0.29) is 12.5 Å². The SMILES string of the molecule is CCCCCCCCCCCCCCOC(=O)CNC(=O)[C@@H]1CCCN1C(=O)OC(C)(C)C. The number of nitrogens with zero attached hydrogens (tertiary/aromatic N) is 1. The van der Waals surface area contributed by atoms with E-state index >= 15 is 0 Å². The highest BCUT2D eigenvalue weighted by Crippen LogP contribution is 2.21. The minimum Gasteiger partial charge on any atom is -0.464 e. The smallest absolute Gasteiger partial charge is 0.410 e. The fourth-order valence-corrected chi connectivity index (χ4v) is 4.04. The standard InChI is InChI=1S/C26H48N2O5/c1-5-6-7-8-9-10-11-12-13-14-15-16-20-32-23(29)21-27-24(30)22-18-17-19-28(22)25(31)33-26(2,3)4/h22H,5-21H2,1-4H3,(H,27,30)/t22-/m0/s1. The number of amides is 2. The van der Waals surface area contributed by atoms with Crippen LogP contribution in [0.15, 0.2) is 0 Å². The third kappa shape index (κ3) is 14.2. The van der Waals surface area contributed by atoms with Gasteiger partial charge in [0.2, 0.25) is 5.91 Å². The van der Waals surface area contributed by atoms with Gasteiger partial charge in [0.05, 0.1) is 6.61 Å². The van der Waals surface area contributed by atoms with Gasteiger partial charge in [-0.2, -0.15) is 0 Å². The van der Waals surface area contributed by atoms with Crippen LogP contribution in [0.2, 0.25) is 0 Å². The molecular formula is C26H48N2O5. The van der Waals surface area contributed by atoms with Crippen molar-refractivity contribution in [3.63, 3.8) is 0 Å². The number of esters is 1. The lowest BCUT2D eigenvalue weighted by Gasteiger charge is -2.27. The molecule has 0 spiro atoms. The maximum Gasteiger partial charge on any atom is 0.410 e. The lowest BCUT2D eigenvalue weighted by atomic mass is 10.1. The third-order valence-corrected chi connectivity index (χ3v) is 5.85. The number of carbonyl (C=O) groups excluding carboxylic acids is 3. The molecule has 0 aliphatic carbocycles. The van der Waals surface area contributed by atoms with E-state index in [9.17, 15) is 14.4 Å². The van der Waals surface area contributed by atoms with Gasteiger partial charge in [-0.15, -0.1) is 0 Å². The molecule has 192 valence electrons. The minimum absolute atomic E-state index is 0.171. The van der Waals surface area contributed by atoms with Crippen molar-refractivity contribution in [2.24, 2.45) is 0 Å². The molecule has 1 aliphatic heterocycles. The van der Waals surface area contributed by atoms with Crippen molar-refractivity contribution in [2.75, 3.05) is 19.7 Å². The number of carbonyl (C=O) groups is 3. The normalized spacial score (nSPS) is 16.0. The zero-order valence-electron chi connectivity index (χ0n) is 21.6. The summed E-state index contributed by atoms with van der Waals surface area (Å²) in [5.74, 6) is -0.770. The molecule has 2 amide bonds. The first-order chi connectivity index (χ1) is 15.7. The number of ether oxygens (including phenoxy) is 2. The molecule has 0 radical (unpaired) electrons. The number of unbranched alkanes of at least 4 members (excludes halogenated alkanes) is 11. The number of likely N-dealkylation sites (tertiary alicyclic amines) is 1.